The number of nitrogens with zero attached hydrogens (tertiary/aromatic N) is 2. The van der Waals surface area contributed by atoms with Crippen molar-refractivity contribution in [3.63, 3.8) is 0 Å². The Bertz CT molecular complexity index is 833. The topological polar surface area (TPSA) is 82.0 Å². The van der Waals surface area contributed by atoms with Crippen molar-refractivity contribution in [2.45, 2.75) is 5.22 Å². The molecule has 0 unspecified atom stereocenters. The number of thioether (sulfide) groups is 1. The molecule has 0 aliphatic rings. The largest absolute Gasteiger partial charge is 0.411 e. The van der Waals surface area contributed by atoms with Gasteiger partial charge in [0.25, 0.3) is 5.22 Å². The molecule has 7 heteroatoms. The van der Waals surface area contributed by atoms with Crippen LogP contribution in [0.1, 0.15) is 10.4 Å². The molecule has 0 spiro atoms. The Morgan fingerprint density at radius 2 is 1.96 bits per heavy atom. The molecule has 0 bridgehead atoms. The van der Waals surface area contributed by atoms with E-state index in [0.717, 1.165) is 5.56 Å². The van der Waals surface area contributed by atoms with Gasteiger partial charge in [-0.2, -0.15) is 0 Å². The van der Waals surface area contributed by atoms with Crippen molar-refractivity contribution in [2.24, 2.45) is 0 Å². The Morgan fingerprint density at radius 1 is 1.17 bits per heavy atom. The summed E-state index contributed by atoms with van der Waals surface area (Å²) in [6, 6.07) is 13.9. The van der Waals surface area contributed by atoms with Crippen molar-refractivity contribution in [3.8, 4) is 11.5 Å². The highest BCUT2D eigenvalue weighted by atomic mass is 35.5. The van der Waals surface area contributed by atoms with E-state index in [2.05, 4.69) is 10.2 Å². The molecule has 0 saturated heterocycles. The number of halogens is 1. The normalized spacial score (nSPS) is 10.7. The zero-order valence-electron chi connectivity index (χ0n) is 11.9. The van der Waals surface area contributed by atoms with Crippen LogP contribution in [0.25, 0.3) is 11.5 Å². The van der Waals surface area contributed by atoms with Crippen LogP contribution in [0.15, 0.2) is 58.2 Å². The maximum atomic E-state index is 12.1. The monoisotopic (exact) mass is 345 g/mol. The number of anilines is 1. The van der Waals surface area contributed by atoms with Crippen LogP contribution >= 0.6 is 23.4 Å². The van der Waals surface area contributed by atoms with Crippen LogP contribution in [0.4, 0.5) is 5.69 Å². The highest BCUT2D eigenvalue weighted by Crippen LogP contribution is 2.25. The average molecular weight is 346 g/mol. The zero-order chi connectivity index (χ0) is 16.2. The van der Waals surface area contributed by atoms with Crippen molar-refractivity contribution in [2.75, 3.05) is 11.5 Å². The lowest BCUT2D eigenvalue weighted by Crippen LogP contribution is -2.01. The number of hydrogen-bond donors (Lipinski definition) is 1. The lowest BCUT2D eigenvalue weighted by atomic mass is 10.1. The Hall–Kier alpha value is -2.31. The molecule has 0 saturated carbocycles. The number of benzene rings is 2. The number of nitrogens with two attached hydrogens (primary N) is 1. The average Bonchev–Trinajstić information content (AvgIpc) is 3.02. The van der Waals surface area contributed by atoms with Crippen LogP contribution in [0, 0.1) is 0 Å². The highest BCUT2D eigenvalue weighted by Gasteiger charge is 2.12. The maximum absolute atomic E-state index is 12.1. The molecule has 3 aromatic rings. The fourth-order valence-corrected chi connectivity index (χ4v) is 2.69. The first kappa shape index (κ1) is 15.6. The number of Topliss-reactive ketones (excluding diaryl/α,β-unsaturated/α-hetero) is 1. The summed E-state index contributed by atoms with van der Waals surface area (Å²) in [4.78, 5) is 12.1. The second-order valence-electron chi connectivity index (χ2n) is 4.72. The summed E-state index contributed by atoms with van der Waals surface area (Å²) >= 11 is 7.00. The number of carbonyl (C=O) groups is 1. The van der Waals surface area contributed by atoms with Gasteiger partial charge in [0.2, 0.25) is 5.89 Å². The van der Waals surface area contributed by atoms with Crippen LogP contribution in [-0.2, 0) is 0 Å². The minimum absolute atomic E-state index is 0.0321. The molecule has 2 aromatic carbocycles. The van der Waals surface area contributed by atoms with Crippen molar-refractivity contribution >= 4 is 34.8 Å². The summed E-state index contributed by atoms with van der Waals surface area (Å²) in [7, 11) is 0. The molecule has 0 amide bonds. The zero-order valence-corrected chi connectivity index (χ0v) is 13.5. The van der Waals surface area contributed by atoms with E-state index in [9.17, 15) is 4.79 Å². The van der Waals surface area contributed by atoms with Gasteiger partial charge >= 0.3 is 0 Å². The third-order valence-electron chi connectivity index (χ3n) is 3.03. The predicted octanol–water partition coefficient (Wildman–Crippen LogP) is 3.95. The lowest BCUT2D eigenvalue weighted by molar-refractivity contribution is 0.102. The number of carbonyl (C=O) groups excluding carboxylic acids is 1. The van der Waals surface area contributed by atoms with Gasteiger partial charge < -0.3 is 10.2 Å². The third kappa shape index (κ3) is 3.91. The molecule has 0 aliphatic heterocycles. The van der Waals surface area contributed by atoms with Gasteiger partial charge in [-0.1, -0.05) is 29.4 Å². The summed E-state index contributed by atoms with van der Waals surface area (Å²) in [5, 5.41) is 8.84. The van der Waals surface area contributed by atoms with Gasteiger partial charge in [0.1, 0.15) is 0 Å². The summed E-state index contributed by atoms with van der Waals surface area (Å²) in [6.07, 6.45) is 0. The first-order valence-electron chi connectivity index (χ1n) is 6.73. The summed E-state index contributed by atoms with van der Waals surface area (Å²) < 4.78 is 5.54. The van der Waals surface area contributed by atoms with E-state index in [1.165, 1.54) is 11.8 Å². The Morgan fingerprint density at radius 3 is 2.70 bits per heavy atom. The van der Waals surface area contributed by atoms with Gasteiger partial charge in [-0.15, -0.1) is 10.2 Å². The summed E-state index contributed by atoms with van der Waals surface area (Å²) in [6.45, 7) is 0. The molecule has 2 N–H and O–H groups in total. The first-order chi connectivity index (χ1) is 11.1. The fourth-order valence-electron chi connectivity index (χ4n) is 1.90. The van der Waals surface area contributed by atoms with Crippen LogP contribution in [0.3, 0.4) is 0 Å². The maximum Gasteiger partial charge on any atom is 0.277 e. The van der Waals surface area contributed by atoms with Crippen LogP contribution in [0.5, 0.6) is 0 Å². The SMILES string of the molecule is Nc1cccc(-c2nnc(SCC(=O)c3ccc(Cl)cc3)o2)c1. The fraction of sp³-hybridized carbons (Fsp3) is 0.0625. The lowest BCUT2D eigenvalue weighted by Gasteiger charge is -1.99. The second-order valence-corrected chi connectivity index (χ2v) is 6.08. The van der Waals surface area contributed by atoms with Gasteiger partial charge in [-0.05, 0) is 42.5 Å². The first-order valence-corrected chi connectivity index (χ1v) is 8.09. The minimum atomic E-state index is -0.0321. The third-order valence-corrected chi connectivity index (χ3v) is 4.10. The molecule has 23 heavy (non-hydrogen) atoms. The predicted molar refractivity (Wildman–Crippen MR) is 90.7 cm³/mol. The number of rotatable bonds is 5. The van der Waals surface area contributed by atoms with E-state index in [4.69, 9.17) is 21.8 Å². The minimum Gasteiger partial charge on any atom is -0.411 e. The van der Waals surface area contributed by atoms with Gasteiger partial charge in [-0.3, -0.25) is 4.79 Å². The summed E-state index contributed by atoms with van der Waals surface area (Å²) in [5.74, 6) is 0.550. The molecule has 116 valence electrons. The molecule has 1 heterocycles. The smallest absolute Gasteiger partial charge is 0.277 e. The Kier molecular flexibility index (Phi) is 4.64. The van der Waals surface area contributed by atoms with E-state index in [-0.39, 0.29) is 11.5 Å². The van der Waals surface area contributed by atoms with E-state index in [1.807, 2.05) is 12.1 Å². The quantitative estimate of drug-likeness (QED) is 0.428. The van der Waals surface area contributed by atoms with Gasteiger partial charge in [0, 0.05) is 21.8 Å². The van der Waals surface area contributed by atoms with Crippen molar-refractivity contribution < 1.29 is 9.21 Å². The van der Waals surface area contributed by atoms with Crippen LogP contribution in [-0.4, -0.2) is 21.7 Å². The van der Waals surface area contributed by atoms with Gasteiger partial charge in [0.05, 0.1) is 5.75 Å². The Labute approximate surface area is 141 Å². The molecule has 0 fully saturated rings. The van der Waals surface area contributed by atoms with Crippen molar-refractivity contribution in [1.82, 2.24) is 10.2 Å². The molecular weight excluding hydrogens is 334 g/mol. The molecule has 5 nitrogen and oxygen atoms in total. The molecule has 1 aromatic heterocycles. The van der Waals surface area contributed by atoms with Crippen molar-refractivity contribution in [1.29, 1.82) is 0 Å². The van der Waals surface area contributed by atoms with E-state index < -0.39 is 0 Å². The number of aromatic nitrogens is 2. The molecule has 3 rings (SSSR count). The van der Waals surface area contributed by atoms with E-state index >= 15 is 0 Å². The number of hydrogen-bond acceptors (Lipinski definition) is 6. The Balaban J connectivity index is 1.65. The van der Waals surface area contributed by atoms with Crippen LogP contribution in [0.2, 0.25) is 5.02 Å². The van der Waals surface area contributed by atoms with Gasteiger partial charge in [-0.25, -0.2) is 0 Å². The summed E-state index contributed by atoms with van der Waals surface area (Å²) in [5.41, 5.74) is 7.68. The highest BCUT2D eigenvalue weighted by molar-refractivity contribution is 7.99. The molecule has 0 aliphatic carbocycles. The van der Waals surface area contributed by atoms with Crippen molar-refractivity contribution in [3.05, 3.63) is 59.1 Å². The molecule has 0 atom stereocenters. The standard InChI is InChI=1S/C16H12ClN3O2S/c17-12-6-4-10(5-7-12)14(21)9-23-16-20-19-15(22-16)11-2-1-3-13(18)8-11/h1-8H,9,18H2. The number of ketones is 1. The molecule has 0 radical (unpaired) electrons. The second kappa shape index (κ2) is 6.85. The van der Waals surface area contributed by atoms with E-state index in [0.29, 0.717) is 27.4 Å². The van der Waals surface area contributed by atoms with E-state index in [1.54, 1.807) is 36.4 Å². The number of nitrogen functional groups attached to an aromatic ring is 1. The molecular formula is C16H12ClN3O2S. The van der Waals surface area contributed by atoms with Gasteiger partial charge in [0.15, 0.2) is 5.78 Å². The van der Waals surface area contributed by atoms with Crippen LogP contribution < -0.4 is 5.73 Å².